The summed E-state index contributed by atoms with van der Waals surface area (Å²) in [7, 11) is 0. The van der Waals surface area contributed by atoms with Crippen molar-refractivity contribution in [3.05, 3.63) is 52.1 Å². The van der Waals surface area contributed by atoms with Gasteiger partial charge in [-0.15, -0.1) is 0 Å². The molecule has 3 rings (SSSR count). The third kappa shape index (κ3) is 5.29. The topological polar surface area (TPSA) is 217 Å². The first-order valence-electron chi connectivity index (χ1n) is 10.5. The van der Waals surface area contributed by atoms with Gasteiger partial charge in [-0.05, 0) is 19.1 Å². The Morgan fingerprint density at radius 1 is 1.11 bits per heavy atom. The maximum absolute atomic E-state index is 13.0. The maximum atomic E-state index is 13.0. The van der Waals surface area contributed by atoms with Gasteiger partial charge in [0.2, 0.25) is 11.8 Å². The molecule has 1 aliphatic rings. The van der Waals surface area contributed by atoms with E-state index in [1.807, 2.05) is 0 Å². The number of aromatic nitrogens is 2. The van der Waals surface area contributed by atoms with Crippen LogP contribution in [0.1, 0.15) is 53.8 Å². The molecule has 0 saturated carbocycles. The SMILES string of the molecule is CC(O)C(=O)CC(=O)c1c(CO)nc(CN2C(O)(O)CCC2(O)O)n1C(O)(O)c1ccc(Cl)cc1. The second kappa shape index (κ2) is 9.63. The van der Waals surface area contributed by atoms with Gasteiger partial charge in [0.1, 0.15) is 17.6 Å². The minimum Gasteiger partial charge on any atom is -0.390 e. The van der Waals surface area contributed by atoms with Crippen molar-refractivity contribution in [3.8, 4) is 0 Å². The lowest BCUT2D eigenvalue weighted by Gasteiger charge is -2.35. The highest BCUT2D eigenvalue weighted by Gasteiger charge is 2.53. The zero-order valence-corrected chi connectivity index (χ0v) is 19.3. The highest BCUT2D eigenvalue weighted by atomic mass is 35.5. The van der Waals surface area contributed by atoms with Gasteiger partial charge in [-0.3, -0.25) is 14.2 Å². The van der Waals surface area contributed by atoms with E-state index in [-0.39, 0.29) is 10.6 Å². The van der Waals surface area contributed by atoms with Gasteiger partial charge in [0, 0.05) is 23.4 Å². The number of aliphatic hydroxyl groups excluding tert-OH is 2. The zero-order chi connectivity index (χ0) is 26.3. The average molecular weight is 516 g/mol. The first-order valence-corrected chi connectivity index (χ1v) is 10.8. The molecule has 1 aliphatic heterocycles. The van der Waals surface area contributed by atoms with E-state index in [0.29, 0.717) is 9.47 Å². The normalized spacial score (nSPS) is 18.6. The number of hydrogen-bond donors (Lipinski definition) is 8. The largest absolute Gasteiger partial charge is 0.390 e. The molecule has 0 amide bonds. The van der Waals surface area contributed by atoms with Crippen LogP contribution in [0.5, 0.6) is 0 Å². The van der Waals surface area contributed by atoms with Gasteiger partial charge in [0.15, 0.2) is 11.6 Å². The Bertz CT molecular complexity index is 1100. The third-order valence-corrected chi connectivity index (χ3v) is 5.99. The minimum absolute atomic E-state index is 0.235. The number of hydrogen-bond acceptors (Lipinski definition) is 12. The second-order valence-corrected chi connectivity index (χ2v) is 8.77. The molecule has 192 valence electrons. The Morgan fingerprint density at radius 2 is 1.66 bits per heavy atom. The van der Waals surface area contributed by atoms with Crippen LogP contribution in [0.3, 0.4) is 0 Å². The standard InChI is InChI=1S/C21H26ClN3O10/c1-11(27)15(28)8-16(29)18-14(10-26)23-17(9-24-19(30,31)6-7-20(24,32)33)25(18)21(34,35)12-2-4-13(22)5-3-12/h2-5,11,26-27,30-35H,6-10H2,1H3. The lowest BCUT2D eigenvalue weighted by molar-refractivity contribution is -0.348. The summed E-state index contributed by atoms with van der Waals surface area (Å²) in [6.07, 6.45) is -3.36. The molecular formula is C21H26ClN3O10. The van der Waals surface area contributed by atoms with Gasteiger partial charge in [-0.2, -0.15) is 4.90 Å². The van der Waals surface area contributed by atoms with Gasteiger partial charge >= 0.3 is 0 Å². The number of benzene rings is 1. The molecule has 13 nitrogen and oxygen atoms in total. The number of likely N-dealkylation sites (tertiary alicyclic amines) is 1. The van der Waals surface area contributed by atoms with Crippen LogP contribution in [0, 0.1) is 0 Å². The van der Waals surface area contributed by atoms with Crippen molar-refractivity contribution in [1.29, 1.82) is 0 Å². The van der Waals surface area contributed by atoms with Gasteiger partial charge in [0.25, 0.3) is 5.91 Å². The molecule has 1 unspecified atom stereocenters. The summed E-state index contributed by atoms with van der Waals surface area (Å²) in [5.41, 5.74) is -1.27. The first-order chi connectivity index (χ1) is 16.1. The van der Waals surface area contributed by atoms with E-state index in [0.717, 1.165) is 6.92 Å². The number of carbonyl (C=O) groups excluding carboxylic acids is 2. The van der Waals surface area contributed by atoms with Crippen LogP contribution >= 0.6 is 11.6 Å². The van der Waals surface area contributed by atoms with E-state index in [4.69, 9.17) is 11.6 Å². The Hall–Kier alpha value is -2.30. The van der Waals surface area contributed by atoms with Crippen molar-refractivity contribution in [2.45, 2.75) is 63.2 Å². The molecule has 0 spiro atoms. The summed E-state index contributed by atoms with van der Waals surface area (Å²) < 4.78 is 0.532. The summed E-state index contributed by atoms with van der Waals surface area (Å²) in [6.45, 7) is -0.618. The highest BCUT2D eigenvalue weighted by Crippen LogP contribution is 2.37. The Balaban J connectivity index is 2.22. The zero-order valence-electron chi connectivity index (χ0n) is 18.5. The molecule has 14 heteroatoms. The Kier molecular flexibility index (Phi) is 7.51. The van der Waals surface area contributed by atoms with E-state index >= 15 is 0 Å². The van der Waals surface area contributed by atoms with E-state index < -0.39 is 85.0 Å². The molecule has 8 N–H and O–H groups in total. The van der Waals surface area contributed by atoms with Crippen molar-refractivity contribution in [3.63, 3.8) is 0 Å². The summed E-state index contributed by atoms with van der Waals surface area (Å²) in [4.78, 5) is 29.4. The molecule has 1 saturated heterocycles. The van der Waals surface area contributed by atoms with Crippen molar-refractivity contribution in [1.82, 2.24) is 14.5 Å². The maximum Gasteiger partial charge on any atom is 0.280 e. The van der Waals surface area contributed by atoms with Crippen LogP contribution in [0.4, 0.5) is 0 Å². The summed E-state index contributed by atoms with van der Waals surface area (Å²) in [5, 5.41) is 82.7. The van der Waals surface area contributed by atoms with Crippen molar-refractivity contribution in [2.75, 3.05) is 0 Å². The van der Waals surface area contributed by atoms with Crippen LogP contribution in [0.25, 0.3) is 0 Å². The number of aliphatic hydroxyl groups is 8. The summed E-state index contributed by atoms with van der Waals surface area (Å²) in [5.74, 6) is -11.0. The predicted molar refractivity (Wildman–Crippen MR) is 116 cm³/mol. The van der Waals surface area contributed by atoms with E-state index in [9.17, 15) is 50.4 Å². The molecular weight excluding hydrogens is 490 g/mol. The molecule has 1 aromatic heterocycles. The monoisotopic (exact) mass is 515 g/mol. The molecule has 0 bridgehead atoms. The van der Waals surface area contributed by atoms with Gasteiger partial charge in [-0.25, -0.2) is 4.98 Å². The van der Waals surface area contributed by atoms with Crippen molar-refractivity contribution < 1.29 is 50.4 Å². The van der Waals surface area contributed by atoms with Crippen LogP contribution in [-0.2, 0) is 23.9 Å². The second-order valence-electron chi connectivity index (χ2n) is 8.34. The fourth-order valence-electron chi connectivity index (χ4n) is 3.83. The molecule has 2 heterocycles. The number of nitrogens with zero attached hydrogens (tertiary/aromatic N) is 3. The minimum atomic E-state index is -3.07. The van der Waals surface area contributed by atoms with E-state index in [1.54, 1.807) is 0 Å². The Morgan fingerprint density at radius 3 is 2.14 bits per heavy atom. The third-order valence-electron chi connectivity index (χ3n) is 5.74. The van der Waals surface area contributed by atoms with Crippen LogP contribution in [0.2, 0.25) is 5.02 Å². The molecule has 1 atom stereocenters. The van der Waals surface area contributed by atoms with Gasteiger partial charge in [-0.1, -0.05) is 23.7 Å². The fourth-order valence-corrected chi connectivity index (χ4v) is 3.96. The van der Waals surface area contributed by atoms with Gasteiger partial charge < -0.3 is 40.9 Å². The van der Waals surface area contributed by atoms with E-state index in [1.165, 1.54) is 24.3 Å². The summed E-state index contributed by atoms with van der Waals surface area (Å²) >= 11 is 5.86. The number of Topliss-reactive ketones (excluding diaryl/α,β-unsaturated/α-hetero) is 2. The van der Waals surface area contributed by atoms with Crippen molar-refractivity contribution >= 4 is 23.2 Å². The molecule has 0 aliphatic carbocycles. The first kappa shape index (κ1) is 27.3. The lowest BCUT2D eigenvalue weighted by Crippen LogP contribution is -2.54. The Labute approximate surface area is 203 Å². The smallest absolute Gasteiger partial charge is 0.280 e. The molecule has 2 aromatic rings. The fraction of sp³-hybridized carbons (Fsp3) is 0.476. The predicted octanol–water partition coefficient (Wildman–Crippen LogP) is -1.93. The molecule has 35 heavy (non-hydrogen) atoms. The van der Waals surface area contributed by atoms with Crippen LogP contribution < -0.4 is 0 Å². The summed E-state index contributed by atoms with van der Waals surface area (Å²) in [6, 6.07) is 5.06. The van der Waals surface area contributed by atoms with E-state index in [2.05, 4.69) is 4.98 Å². The molecule has 0 radical (unpaired) electrons. The number of imidazole rings is 1. The average Bonchev–Trinajstić information content (AvgIpc) is 3.24. The van der Waals surface area contributed by atoms with Gasteiger partial charge in [0.05, 0.1) is 25.3 Å². The molecule has 1 aromatic carbocycles. The molecule has 1 fully saturated rings. The number of rotatable bonds is 9. The van der Waals surface area contributed by atoms with Crippen LogP contribution in [0.15, 0.2) is 24.3 Å². The number of halogens is 1. The number of ketones is 2. The van der Waals surface area contributed by atoms with Crippen LogP contribution in [-0.4, -0.2) is 84.8 Å². The quantitative estimate of drug-likeness (QED) is 0.104. The van der Waals surface area contributed by atoms with Crippen molar-refractivity contribution in [2.24, 2.45) is 0 Å². The number of carbonyl (C=O) groups is 2. The highest BCUT2D eigenvalue weighted by molar-refractivity contribution is 6.30. The lowest BCUT2D eigenvalue weighted by atomic mass is 10.1.